The zero-order valence-electron chi connectivity index (χ0n) is 41.1. The van der Waals surface area contributed by atoms with Crippen LogP contribution in [0.5, 0.6) is 0 Å². The summed E-state index contributed by atoms with van der Waals surface area (Å²) in [5.41, 5.74) is 2.67. The maximum Gasteiger partial charge on any atom is 1.00 e. The van der Waals surface area contributed by atoms with Gasteiger partial charge in [0.05, 0.1) is 45.6 Å². The maximum atomic E-state index is 10.7. The molecule has 10 rings (SSSR count). The smallest absolute Gasteiger partial charge is 0.741 e. The molecule has 0 N–H and O–H groups in total. The van der Waals surface area contributed by atoms with Crippen LogP contribution in [0.4, 0.5) is 26.3 Å². The van der Waals surface area contributed by atoms with E-state index in [0.717, 1.165) is 80.6 Å². The van der Waals surface area contributed by atoms with E-state index < -0.39 is 31.3 Å². The predicted octanol–water partition coefficient (Wildman–Crippen LogP) is 12.1. The normalized spacial score (nSPS) is 10.8. The molecule has 8 aromatic heterocycles. The van der Waals surface area contributed by atoms with Crippen molar-refractivity contribution in [2.24, 2.45) is 0 Å². The Morgan fingerprint density at radius 3 is 0.775 bits per heavy atom. The molecule has 0 bridgehead atoms. The third-order valence-electron chi connectivity index (χ3n) is 10.3. The van der Waals surface area contributed by atoms with Gasteiger partial charge in [0.1, 0.15) is 0 Å². The van der Waals surface area contributed by atoms with E-state index in [9.17, 15) is 26.3 Å². The van der Waals surface area contributed by atoms with E-state index in [1.54, 1.807) is 24.8 Å². The number of rotatable bonds is 9. The van der Waals surface area contributed by atoms with Crippen LogP contribution in [0.3, 0.4) is 0 Å². The number of nitrogens with zero attached hydrogens (tertiary/aromatic N) is 8. The first-order valence-electron chi connectivity index (χ1n) is 22.9. The van der Waals surface area contributed by atoms with Crippen molar-refractivity contribution in [2.45, 2.75) is 23.9 Å². The van der Waals surface area contributed by atoms with Gasteiger partial charge in [-0.2, -0.15) is 26.3 Å². The Morgan fingerprint density at radius 1 is 0.325 bits per heavy atom. The van der Waals surface area contributed by atoms with Crippen molar-refractivity contribution >= 4 is 20.2 Å². The van der Waals surface area contributed by atoms with Crippen LogP contribution in [-0.2, 0) is 77.8 Å². The van der Waals surface area contributed by atoms with Crippen molar-refractivity contribution in [1.82, 2.24) is 39.9 Å². The van der Waals surface area contributed by atoms with Gasteiger partial charge >= 0.3 is 55.8 Å². The van der Waals surface area contributed by atoms with Gasteiger partial charge in [0.15, 0.2) is 20.2 Å². The fraction of sp³-hybridized carbons (Fsp3) is 0.0714. The summed E-state index contributed by atoms with van der Waals surface area (Å²) < 4.78 is 118. The first-order valence-corrected chi connectivity index (χ1v) is 25.7. The van der Waals surface area contributed by atoms with Gasteiger partial charge in [0.25, 0.3) is 0 Å². The van der Waals surface area contributed by atoms with Crippen LogP contribution in [0.15, 0.2) is 232 Å². The van der Waals surface area contributed by atoms with Crippen LogP contribution in [-0.4, -0.2) is 76.8 Å². The summed E-state index contributed by atoms with van der Waals surface area (Å²) in [6.45, 7) is 0. The molecule has 14 nitrogen and oxygen atoms in total. The molecule has 0 saturated heterocycles. The van der Waals surface area contributed by atoms with Crippen LogP contribution in [0.25, 0.3) is 67.8 Å². The second-order valence-corrected chi connectivity index (χ2v) is 18.6. The molecule has 0 aliphatic carbocycles. The summed E-state index contributed by atoms with van der Waals surface area (Å²) in [6, 6.07) is 60.5. The van der Waals surface area contributed by atoms with Crippen molar-refractivity contribution in [3.63, 3.8) is 0 Å². The zero-order chi connectivity index (χ0) is 56.0. The molecule has 0 fully saturated rings. The predicted molar refractivity (Wildman–Crippen MR) is 280 cm³/mol. The Balaban J connectivity index is 0.000000230. The number of aromatic nitrogens is 8. The summed E-state index contributed by atoms with van der Waals surface area (Å²) in [4.78, 5) is 35.3. The largest absolute Gasteiger partial charge is 1.00 e. The monoisotopic (exact) mass is 1310 g/mol. The summed E-state index contributed by atoms with van der Waals surface area (Å²) in [7, 11) is -12.2. The topological polar surface area (TPSA) is 218 Å². The summed E-state index contributed by atoms with van der Waals surface area (Å²) in [5, 5.41) is 0. The van der Waals surface area contributed by atoms with Crippen molar-refractivity contribution in [3.8, 4) is 67.8 Å². The van der Waals surface area contributed by atoms with Crippen LogP contribution >= 0.6 is 0 Å². The van der Waals surface area contributed by atoms with E-state index in [0.29, 0.717) is 0 Å². The van der Waals surface area contributed by atoms with Crippen molar-refractivity contribution in [2.75, 3.05) is 0 Å². The van der Waals surface area contributed by atoms with Gasteiger partial charge in [-0.1, -0.05) is 84.9 Å². The molecule has 418 valence electrons. The van der Waals surface area contributed by atoms with E-state index in [4.69, 9.17) is 35.9 Å². The van der Waals surface area contributed by atoms with Crippen molar-refractivity contribution < 1.29 is 97.0 Å². The van der Waals surface area contributed by atoms with Gasteiger partial charge in [-0.05, 0) is 143 Å². The number of halogens is 6. The molecule has 0 unspecified atom stereocenters. The molecule has 0 radical (unpaired) electrons. The van der Waals surface area contributed by atoms with Gasteiger partial charge in [-0.15, -0.1) is 0 Å². The zero-order valence-corrected chi connectivity index (χ0v) is 45.7. The number of benzene rings is 2. The third-order valence-corrected chi connectivity index (χ3v) is 11.5. The molecule has 0 saturated carbocycles. The minimum Gasteiger partial charge on any atom is -0.741 e. The Labute approximate surface area is 488 Å². The molecule has 10 aromatic rings. The number of pyridine rings is 8. The SMILES string of the molecule is O=S(=O)([O-])C(F)(F)F.O=S(=O)([O-])C(F)(F)F.[Ag+].[Ag+].c1cc(CCc2ccncc2)ccn1.c1ccc(-c2cc(-c3ccccn3)nc(-c3ccccn3)c2)cc1.c1ccc(-c2cc(-c3ccccn3)nc(-c3ccccn3)c2)cc1. The molecule has 0 spiro atoms. The van der Waals surface area contributed by atoms with E-state index >= 15 is 0 Å². The average molecular weight is 1320 g/mol. The Hall–Kier alpha value is -7.48. The molecule has 0 atom stereocenters. The molecule has 0 aliphatic rings. The quantitative estimate of drug-likeness (QED) is 0.0568. The minimum atomic E-state index is -6.09. The van der Waals surface area contributed by atoms with E-state index in [-0.39, 0.29) is 44.8 Å². The maximum absolute atomic E-state index is 10.7. The van der Waals surface area contributed by atoms with Crippen LogP contribution in [0.2, 0.25) is 0 Å². The standard InChI is InChI=1S/2C21H15N3.C12H12N2.2CHF3O3S.2Ag/c2*1-2-8-16(9-3-1)17-14-20(18-10-4-6-12-22-18)24-21(15-17)19-11-5-7-13-23-19;1(11-3-7-13-8-4-11)2-12-5-9-14-10-6-12;2*2-1(3,4)8(5,6)7;;/h2*1-15H;3-10H,1-2H2;2*(H,5,6,7);;/q;;;;;2*+1/p-2. The van der Waals surface area contributed by atoms with Crippen LogP contribution < -0.4 is 0 Å². The van der Waals surface area contributed by atoms with Crippen molar-refractivity contribution in [3.05, 3.63) is 243 Å². The fourth-order valence-corrected chi connectivity index (χ4v) is 6.63. The first kappa shape index (κ1) is 65.0. The van der Waals surface area contributed by atoms with Gasteiger partial charge in [-0.25, -0.2) is 26.8 Å². The number of hydrogen-bond acceptors (Lipinski definition) is 14. The second-order valence-electron chi connectivity index (χ2n) is 15.9. The molecule has 8 heterocycles. The third kappa shape index (κ3) is 21.0. The molecule has 0 aliphatic heterocycles. The molecule has 0 amide bonds. The van der Waals surface area contributed by atoms with Gasteiger partial charge in [0.2, 0.25) is 0 Å². The van der Waals surface area contributed by atoms with Crippen molar-refractivity contribution in [1.29, 1.82) is 0 Å². The van der Waals surface area contributed by atoms with Gasteiger partial charge in [-0.3, -0.25) is 29.9 Å². The summed E-state index contributed by atoms with van der Waals surface area (Å²) in [5.74, 6) is 0. The number of alkyl halides is 6. The van der Waals surface area contributed by atoms with Gasteiger partial charge < -0.3 is 9.11 Å². The molecular weight excluding hydrogens is 1270 g/mol. The van der Waals surface area contributed by atoms with E-state index in [2.05, 4.69) is 103 Å². The van der Waals surface area contributed by atoms with Gasteiger partial charge in [0, 0.05) is 49.6 Å². The van der Waals surface area contributed by atoms with Crippen LogP contribution in [0, 0.1) is 0 Å². The Kier molecular flexibility index (Phi) is 25.5. The van der Waals surface area contributed by atoms with E-state index in [1.165, 1.54) is 11.1 Å². The minimum absolute atomic E-state index is 0. The summed E-state index contributed by atoms with van der Waals surface area (Å²) in [6.07, 6.45) is 16.6. The Bertz CT molecular complexity index is 3120. The van der Waals surface area contributed by atoms with E-state index in [1.807, 2.05) is 134 Å². The summed E-state index contributed by atoms with van der Waals surface area (Å²) >= 11 is 0. The number of hydrogen-bond donors (Lipinski definition) is 0. The fourth-order valence-electron chi connectivity index (χ4n) is 6.63. The first-order chi connectivity index (χ1) is 37.2. The molecule has 24 heteroatoms. The average Bonchev–Trinajstić information content (AvgIpc) is 3.48. The molecule has 80 heavy (non-hydrogen) atoms. The van der Waals surface area contributed by atoms with Crippen LogP contribution in [0.1, 0.15) is 11.1 Å². The number of aryl methyl sites for hydroxylation is 2. The molecule has 2 aromatic carbocycles. The molecular formula is C56H42Ag2F6N8O6S2. The second kappa shape index (κ2) is 31.3. The Morgan fingerprint density at radius 2 is 0.562 bits per heavy atom.